The monoisotopic (exact) mass is 1310 g/mol. The van der Waals surface area contributed by atoms with Crippen molar-refractivity contribution < 1.29 is 139 Å². The number of aliphatic hydroxyl groups is 10. The lowest BCUT2D eigenvalue weighted by Crippen LogP contribution is -2.67. The Kier molecular flexibility index (Phi) is 20.5. The van der Waals surface area contributed by atoms with Crippen molar-refractivity contribution in [2.75, 3.05) is 33.5 Å². The molecule has 9 fully saturated rings. The zero-order chi connectivity index (χ0) is 65.7. The average molecular weight is 1310 g/mol. The summed E-state index contributed by atoms with van der Waals surface area (Å²) in [4.78, 5) is 27.6. The van der Waals surface area contributed by atoms with Crippen LogP contribution in [0.25, 0.3) is 0 Å². The topological polar surface area (TPSA) is 423 Å². The molecule has 6 aliphatic heterocycles. The molecule has 3 saturated carbocycles. The fourth-order valence-electron chi connectivity index (χ4n) is 17.1. The summed E-state index contributed by atoms with van der Waals surface area (Å²) in [5.41, 5.74) is -1.78. The van der Waals surface area contributed by atoms with E-state index in [1.165, 1.54) is 21.0 Å². The van der Waals surface area contributed by atoms with Gasteiger partial charge in [-0.2, -0.15) is 0 Å². The summed E-state index contributed by atoms with van der Waals surface area (Å²) in [6, 6.07) is 0. The smallest absolute Gasteiger partial charge is 0.314 e. The molecule has 0 unspecified atom stereocenters. The first kappa shape index (κ1) is 70.0. The minimum absolute atomic E-state index is 0.0336. The van der Waals surface area contributed by atoms with Crippen LogP contribution < -0.4 is 0 Å². The highest BCUT2D eigenvalue weighted by molar-refractivity contribution is 7.80. The minimum atomic E-state index is -5.52. The summed E-state index contributed by atoms with van der Waals surface area (Å²) in [7, 11) is -4.30. The van der Waals surface area contributed by atoms with Gasteiger partial charge in [-0.1, -0.05) is 57.1 Å². The van der Waals surface area contributed by atoms with E-state index in [1.54, 1.807) is 0 Å². The van der Waals surface area contributed by atoms with E-state index in [4.69, 9.17) is 65.8 Å². The van der Waals surface area contributed by atoms with E-state index in [2.05, 4.69) is 19.9 Å². The molecular formula is C60H91O29S-. The van der Waals surface area contributed by atoms with Crippen LogP contribution in [0, 0.1) is 39.4 Å². The number of carbonyl (C=O) groups excluding carboxylic acids is 2. The summed E-state index contributed by atoms with van der Waals surface area (Å²) >= 11 is 0. The molecule has 6 heterocycles. The average Bonchev–Trinajstić information content (AvgIpc) is 1.46. The van der Waals surface area contributed by atoms with Gasteiger partial charge in [0.2, 0.25) is 10.4 Å². The first-order valence-corrected chi connectivity index (χ1v) is 32.3. The van der Waals surface area contributed by atoms with Crippen LogP contribution in [0.2, 0.25) is 0 Å². The first-order chi connectivity index (χ1) is 42.2. The van der Waals surface area contributed by atoms with Crippen molar-refractivity contribution in [3.63, 3.8) is 0 Å². The molecule has 0 aromatic heterocycles. The number of carbonyl (C=O) groups is 2. The molecule has 0 amide bonds. The van der Waals surface area contributed by atoms with Gasteiger partial charge in [-0.05, 0) is 95.0 Å². The van der Waals surface area contributed by atoms with E-state index < -0.39 is 217 Å². The number of hydrogen-bond donors (Lipinski definition) is 10. The molecular weight excluding hydrogens is 1220 g/mol. The Morgan fingerprint density at radius 3 is 1.98 bits per heavy atom. The third-order valence-electron chi connectivity index (χ3n) is 21.5. The highest BCUT2D eigenvalue weighted by Crippen LogP contribution is 2.76. The quantitative estimate of drug-likeness (QED) is 0.0261. The van der Waals surface area contributed by atoms with E-state index >= 15 is 0 Å². The summed E-state index contributed by atoms with van der Waals surface area (Å²) in [5, 5.41) is 111. The number of hydrogen-bond acceptors (Lipinski definition) is 29. The Bertz CT molecular complexity index is 2780. The molecule has 6 saturated heterocycles. The van der Waals surface area contributed by atoms with Gasteiger partial charge in [0.1, 0.15) is 109 Å². The van der Waals surface area contributed by atoms with Crippen molar-refractivity contribution >= 4 is 22.3 Å². The van der Waals surface area contributed by atoms with Crippen LogP contribution in [-0.4, -0.2) is 263 Å². The van der Waals surface area contributed by atoms with Crippen LogP contribution in [0.15, 0.2) is 35.5 Å². The summed E-state index contributed by atoms with van der Waals surface area (Å²) in [6.07, 6.45) is -28.8. The highest BCUT2D eigenvalue weighted by atomic mass is 32.3. The molecule has 29 nitrogen and oxygen atoms in total. The minimum Gasteiger partial charge on any atom is -0.726 e. The Morgan fingerprint density at radius 2 is 1.32 bits per heavy atom. The Labute approximate surface area is 522 Å². The van der Waals surface area contributed by atoms with Crippen molar-refractivity contribution in [2.45, 2.75) is 254 Å². The van der Waals surface area contributed by atoms with Gasteiger partial charge in [-0.25, -0.2) is 8.42 Å². The molecule has 31 atom stereocenters. The fourth-order valence-corrected chi connectivity index (χ4v) is 17.6. The number of fused-ring (bicyclic) bond motifs is 4. The van der Waals surface area contributed by atoms with Gasteiger partial charge < -0.3 is 117 Å². The Hall–Kier alpha value is -2.81. The molecule has 4 aliphatic carbocycles. The van der Waals surface area contributed by atoms with Crippen LogP contribution in [0.3, 0.4) is 0 Å². The van der Waals surface area contributed by atoms with Crippen molar-refractivity contribution in [2.24, 2.45) is 39.4 Å². The zero-order valence-electron chi connectivity index (χ0n) is 52.1. The second kappa shape index (κ2) is 26.3. The summed E-state index contributed by atoms with van der Waals surface area (Å²) in [5.74, 6) is -1.38. The zero-order valence-corrected chi connectivity index (χ0v) is 52.9. The number of aliphatic hydroxyl groups excluding tert-OH is 10. The van der Waals surface area contributed by atoms with Gasteiger partial charge in [0.15, 0.2) is 31.5 Å². The number of methoxy groups -OCH3 is 1. The number of ether oxygens (including phenoxy) is 13. The van der Waals surface area contributed by atoms with E-state index in [-0.39, 0.29) is 24.4 Å². The van der Waals surface area contributed by atoms with Crippen molar-refractivity contribution in [1.82, 2.24) is 0 Å². The third-order valence-corrected chi connectivity index (χ3v) is 22.0. The molecule has 30 heteroatoms. The second-order valence-corrected chi connectivity index (χ2v) is 28.6. The molecule has 0 aromatic rings. The van der Waals surface area contributed by atoms with Crippen molar-refractivity contribution in [3.05, 3.63) is 35.5 Å². The van der Waals surface area contributed by atoms with E-state index in [9.17, 15) is 73.6 Å². The fraction of sp³-hybridized carbons (Fsp3) is 0.867. The predicted molar refractivity (Wildman–Crippen MR) is 300 cm³/mol. The predicted octanol–water partition coefficient (Wildman–Crippen LogP) is -1.48. The molecule has 0 aromatic carbocycles. The number of allylic oxidation sites excluding steroid dienone is 5. The van der Waals surface area contributed by atoms with Crippen LogP contribution in [0.4, 0.5) is 0 Å². The van der Waals surface area contributed by atoms with Crippen LogP contribution in [0.1, 0.15) is 101 Å². The maximum absolute atomic E-state index is 14.7. The van der Waals surface area contributed by atoms with Crippen molar-refractivity contribution in [1.29, 1.82) is 0 Å². The molecule has 0 bridgehead atoms. The van der Waals surface area contributed by atoms with Gasteiger partial charge in [0, 0.05) is 19.4 Å². The lowest BCUT2D eigenvalue weighted by molar-refractivity contribution is -0.402. The van der Waals surface area contributed by atoms with Crippen molar-refractivity contribution in [3.8, 4) is 0 Å². The molecule has 0 radical (unpaired) electrons. The lowest BCUT2D eigenvalue weighted by Gasteiger charge is -2.63. The maximum Gasteiger partial charge on any atom is 0.314 e. The highest BCUT2D eigenvalue weighted by Gasteiger charge is 2.79. The third kappa shape index (κ3) is 12.5. The molecule has 1 spiro atoms. The molecule has 512 valence electrons. The summed E-state index contributed by atoms with van der Waals surface area (Å²) in [6.45, 7) is 14.5. The number of esters is 2. The van der Waals surface area contributed by atoms with E-state index in [0.29, 0.717) is 38.5 Å². The summed E-state index contributed by atoms with van der Waals surface area (Å²) < 4.78 is 120. The lowest BCUT2D eigenvalue weighted by atomic mass is 9.41. The molecule has 10 N–H and O–H groups in total. The maximum atomic E-state index is 14.7. The van der Waals surface area contributed by atoms with E-state index in [1.807, 2.05) is 52.8 Å². The van der Waals surface area contributed by atoms with Crippen LogP contribution >= 0.6 is 0 Å². The second-order valence-electron chi connectivity index (χ2n) is 27.6. The largest absolute Gasteiger partial charge is 0.726 e. The normalized spacial score (nSPS) is 50.2. The van der Waals surface area contributed by atoms with Crippen LogP contribution in [-0.2, 0) is 85.8 Å². The van der Waals surface area contributed by atoms with Gasteiger partial charge in [-0.3, -0.25) is 13.8 Å². The molecule has 10 aliphatic rings. The Morgan fingerprint density at radius 1 is 0.700 bits per heavy atom. The number of rotatable bonds is 17. The van der Waals surface area contributed by atoms with Gasteiger partial charge in [0.25, 0.3) is 0 Å². The van der Waals surface area contributed by atoms with Gasteiger partial charge in [-0.15, -0.1) is 0 Å². The Balaban J connectivity index is 0.919. The molecule has 10 rings (SSSR count). The standard InChI is InChI=1S/C60H92O29S/c1-25(2)12-11-17-59(9)49-32(81-27(4)62)20-58(8)29-13-14-35-56(5,6)36(16-18-57(35,7)28(29)15-19-60(49,58)55(72)88-59)83-53-47(39(67)34(24-79-53)89-90(73,74)75)87-54-48(86-50-40(68)37(65)30(63)22-77-50)41(69)44(26(3)80-54)84-52-43(71)46(38(66)33(21-61)82-52)85-51-42(70)45(76-10)31(64)23-78-51/h11-13,17,26,28,30-54,61,63-71H,14-16,18-24H2,1-10H3,(H,73,74,75)/p-1/b17-11+/t26-,28+,30-,31-,32+,33-,34-,35+,36+,37+,38-,39+,40-,41+,42-,43-,44-,45+,46+,47-,48-,49-,50+,51+,52+,53+,54+,57-,58+,59+,60-/m1/s1. The number of cyclic esters (lactones) is 1. The molecule has 90 heavy (non-hydrogen) atoms. The first-order valence-electron chi connectivity index (χ1n) is 30.9. The SMILES string of the molecule is CO[C@@H]1[C@@H](O)[C@H](O[C@@H]2[C@@H](O)[C@H](O[C@H]3[C@H](O)[C@@H](O[C@@H]4OC[C@@H](O)[C@H](O)[C@H]4O)[C@H](O[C@H]4[C@H](O[C@H]5CC[C@]6(C)[C@H]7CC[C@]89C(=O)O[C@@](C)(/C=C/C=C(C)C)[C@H]8[C@@H](OC(C)=O)C[C@@]9(C)C7=CC[C@H]6C5(C)C)OC[C@@H](OS(=O)(=O)[O-])[C@@H]4O)O[C@@H]3C)O[C@H](CO)[C@H]2O)OC[C@H]1O. The van der Waals surface area contributed by atoms with E-state index in [0.717, 1.165) is 11.1 Å². The van der Waals surface area contributed by atoms with Gasteiger partial charge >= 0.3 is 11.9 Å². The van der Waals surface area contributed by atoms with Crippen LogP contribution in [0.5, 0.6) is 0 Å². The van der Waals surface area contributed by atoms with Gasteiger partial charge in [0.05, 0.1) is 50.0 Å².